The van der Waals surface area contributed by atoms with Gasteiger partial charge in [-0.05, 0) is 19.1 Å². The van der Waals surface area contributed by atoms with Gasteiger partial charge in [-0.15, -0.1) is 6.58 Å². The maximum absolute atomic E-state index is 10.9. The van der Waals surface area contributed by atoms with Gasteiger partial charge in [-0.3, -0.25) is 14.4 Å². The van der Waals surface area contributed by atoms with Crippen molar-refractivity contribution in [3.05, 3.63) is 55.8 Å². The van der Waals surface area contributed by atoms with Gasteiger partial charge in [0.05, 0.1) is 12.7 Å². The van der Waals surface area contributed by atoms with Crippen LogP contribution >= 0.6 is 0 Å². The fourth-order valence-corrected chi connectivity index (χ4v) is 1.12. The number of para-hydroxylation sites is 1. The Hall–Kier alpha value is -2.69. The molecule has 21 heavy (non-hydrogen) atoms. The van der Waals surface area contributed by atoms with Crippen LogP contribution in [0.3, 0.4) is 0 Å². The normalized spacial score (nSPS) is 8.62. The van der Waals surface area contributed by atoms with Gasteiger partial charge in [0.15, 0.2) is 0 Å². The first-order valence-corrected chi connectivity index (χ1v) is 6.16. The first kappa shape index (κ1) is 18.3. The third kappa shape index (κ3) is 10.9. The molecule has 112 valence electrons. The maximum atomic E-state index is 10.9. The lowest BCUT2D eigenvalue weighted by Gasteiger charge is -2.00. The largest absolute Gasteiger partial charge is 0.435 e. The molecule has 0 aromatic heterocycles. The van der Waals surface area contributed by atoms with Crippen LogP contribution < -0.4 is 4.74 Å². The molecule has 0 bridgehead atoms. The summed E-state index contributed by atoms with van der Waals surface area (Å²) in [7, 11) is 0. The number of Topliss-reactive ketones (excluding diaryl/α,β-unsaturated/α-hetero) is 1. The Morgan fingerprint density at radius 3 is 2.19 bits per heavy atom. The van der Waals surface area contributed by atoms with Crippen molar-refractivity contribution in [1.82, 2.24) is 0 Å². The molecule has 0 atom stereocenters. The summed E-state index contributed by atoms with van der Waals surface area (Å²) >= 11 is 0. The van der Waals surface area contributed by atoms with E-state index in [1.165, 1.54) is 13.0 Å². The molecule has 5 nitrogen and oxygen atoms in total. The predicted octanol–water partition coefficient (Wildman–Crippen LogP) is 2.82. The second-order valence-corrected chi connectivity index (χ2v) is 3.82. The van der Waals surface area contributed by atoms with Gasteiger partial charge in [0, 0.05) is 0 Å². The first-order valence-electron chi connectivity index (χ1n) is 6.16. The van der Waals surface area contributed by atoms with Crippen LogP contribution in [0.5, 0.6) is 5.75 Å². The van der Waals surface area contributed by atoms with Gasteiger partial charge in [0.25, 0.3) is 0 Å². The van der Waals surface area contributed by atoms with Crippen LogP contribution in [0.15, 0.2) is 55.8 Å². The summed E-state index contributed by atoms with van der Waals surface area (Å²) in [5, 5.41) is 0. The zero-order valence-corrected chi connectivity index (χ0v) is 11.9. The summed E-state index contributed by atoms with van der Waals surface area (Å²) in [6, 6.07) is 8.97. The highest BCUT2D eigenvalue weighted by Crippen LogP contribution is 2.08. The van der Waals surface area contributed by atoms with Gasteiger partial charge in [-0.1, -0.05) is 30.9 Å². The van der Waals surface area contributed by atoms with Crippen molar-refractivity contribution in [2.24, 2.45) is 0 Å². The Balaban J connectivity index is 0.000000400. The number of carbonyl (C=O) groups excluding carboxylic acids is 3. The van der Waals surface area contributed by atoms with Gasteiger partial charge in [-0.2, -0.15) is 0 Å². The number of benzene rings is 1. The van der Waals surface area contributed by atoms with Crippen molar-refractivity contribution in [3.8, 4) is 5.75 Å². The van der Waals surface area contributed by atoms with Crippen LogP contribution in [0, 0.1) is 0 Å². The van der Waals surface area contributed by atoms with E-state index in [0.29, 0.717) is 5.75 Å². The summed E-state index contributed by atoms with van der Waals surface area (Å²) in [5.74, 6) is -0.472. The highest BCUT2D eigenvalue weighted by molar-refractivity contribution is 5.94. The van der Waals surface area contributed by atoms with E-state index in [2.05, 4.69) is 17.9 Å². The van der Waals surface area contributed by atoms with E-state index < -0.39 is 5.97 Å². The SMILES string of the molecule is C=CCC(=O)Oc1ccccc1.C=COC(=O)CC(C)=O. The molecule has 0 amide bonds. The molecule has 0 unspecified atom stereocenters. The van der Waals surface area contributed by atoms with Crippen LogP contribution in [0.2, 0.25) is 0 Å². The van der Waals surface area contributed by atoms with Crippen LogP contribution in [-0.2, 0) is 19.1 Å². The minimum atomic E-state index is -0.558. The second kappa shape index (κ2) is 11.2. The third-order valence-corrected chi connectivity index (χ3v) is 1.89. The molecule has 0 spiro atoms. The van der Waals surface area contributed by atoms with E-state index in [9.17, 15) is 14.4 Å². The quantitative estimate of drug-likeness (QED) is 0.265. The Kier molecular flexibility index (Phi) is 9.73. The summed E-state index contributed by atoms with van der Waals surface area (Å²) < 4.78 is 9.20. The van der Waals surface area contributed by atoms with Gasteiger partial charge in [-0.25, -0.2) is 0 Å². The third-order valence-electron chi connectivity index (χ3n) is 1.89. The number of ether oxygens (including phenoxy) is 2. The lowest BCUT2D eigenvalue weighted by Crippen LogP contribution is -2.05. The van der Waals surface area contributed by atoms with Gasteiger partial charge >= 0.3 is 11.9 Å². The molecule has 0 aliphatic rings. The topological polar surface area (TPSA) is 69.7 Å². The van der Waals surface area contributed by atoms with Gasteiger partial charge < -0.3 is 9.47 Å². The summed E-state index contributed by atoms with van der Waals surface area (Å²) in [6.07, 6.45) is 2.59. The van der Waals surface area contributed by atoms with Gasteiger partial charge in [0.1, 0.15) is 18.0 Å². The van der Waals surface area contributed by atoms with E-state index in [4.69, 9.17) is 4.74 Å². The number of hydrogen-bond acceptors (Lipinski definition) is 5. The fraction of sp³-hybridized carbons (Fsp3) is 0.188. The Morgan fingerprint density at radius 2 is 1.71 bits per heavy atom. The Bertz CT molecular complexity index is 491. The number of ketones is 1. The van der Waals surface area contributed by atoms with E-state index in [1.807, 2.05) is 18.2 Å². The molecule has 5 heteroatoms. The van der Waals surface area contributed by atoms with Crippen molar-refractivity contribution in [2.45, 2.75) is 19.8 Å². The molecule has 0 heterocycles. The van der Waals surface area contributed by atoms with E-state index in [-0.39, 0.29) is 24.6 Å². The number of rotatable bonds is 6. The number of esters is 2. The van der Waals surface area contributed by atoms with Crippen molar-refractivity contribution < 1.29 is 23.9 Å². The molecule has 0 aliphatic heterocycles. The lowest BCUT2D eigenvalue weighted by molar-refractivity contribution is -0.140. The average Bonchev–Trinajstić information content (AvgIpc) is 2.40. The summed E-state index contributed by atoms with van der Waals surface area (Å²) in [6.45, 7) is 7.92. The second-order valence-electron chi connectivity index (χ2n) is 3.82. The van der Waals surface area contributed by atoms with E-state index in [1.54, 1.807) is 12.1 Å². The molecular weight excluding hydrogens is 272 g/mol. The number of hydrogen-bond donors (Lipinski definition) is 0. The molecule has 1 aromatic rings. The smallest absolute Gasteiger partial charge is 0.318 e. The highest BCUT2D eigenvalue weighted by atomic mass is 16.5. The minimum absolute atomic E-state index is 0.175. The molecule has 0 N–H and O–H groups in total. The monoisotopic (exact) mass is 290 g/mol. The predicted molar refractivity (Wildman–Crippen MR) is 78.5 cm³/mol. The molecule has 0 saturated heterocycles. The zero-order chi connectivity index (χ0) is 16.1. The van der Waals surface area contributed by atoms with Crippen molar-refractivity contribution in [2.75, 3.05) is 0 Å². The molecule has 0 aliphatic carbocycles. The van der Waals surface area contributed by atoms with Crippen LogP contribution in [0.1, 0.15) is 19.8 Å². The summed E-state index contributed by atoms with van der Waals surface area (Å²) in [5.41, 5.74) is 0. The van der Waals surface area contributed by atoms with E-state index in [0.717, 1.165) is 6.26 Å². The molecule has 1 aromatic carbocycles. The Morgan fingerprint density at radius 1 is 1.10 bits per heavy atom. The number of carbonyl (C=O) groups is 3. The van der Waals surface area contributed by atoms with Crippen LogP contribution in [0.4, 0.5) is 0 Å². The first-order chi connectivity index (χ1) is 9.99. The van der Waals surface area contributed by atoms with Crippen molar-refractivity contribution in [3.63, 3.8) is 0 Å². The van der Waals surface area contributed by atoms with Gasteiger partial charge in [0.2, 0.25) is 0 Å². The van der Waals surface area contributed by atoms with Crippen molar-refractivity contribution in [1.29, 1.82) is 0 Å². The minimum Gasteiger partial charge on any atom is -0.435 e. The fourth-order valence-electron chi connectivity index (χ4n) is 1.12. The van der Waals surface area contributed by atoms with Crippen LogP contribution in [-0.4, -0.2) is 17.7 Å². The Labute approximate surface area is 123 Å². The highest BCUT2D eigenvalue weighted by Gasteiger charge is 2.02. The molecule has 0 saturated carbocycles. The molecule has 1 rings (SSSR count). The molecule has 0 radical (unpaired) electrons. The molecular formula is C16H18O5. The van der Waals surface area contributed by atoms with Crippen molar-refractivity contribution >= 4 is 17.7 Å². The average molecular weight is 290 g/mol. The zero-order valence-electron chi connectivity index (χ0n) is 11.9. The standard InChI is InChI=1S/C10H10O2.C6H8O3/c1-2-6-10(11)12-9-7-4-3-5-8-9;1-3-9-6(8)4-5(2)7/h2-5,7-8H,1,6H2;3H,1,4H2,2H3. The maximum Gasteiger partial charge on any atom is 0.318 e. The lowest BCUT2D eigenvalue weighted by atomic mass is 10.3. The molecule has 0 fully saturated rings. The van der Waals surface area contributed by atoms with E-state index >= 15 is 0 Å². The van der Waals surface area contributed by atoms with Crippen LogP contribution in [0.25, 0.3) is 0 Å². The summed E-state index contributed by atoms with van der Waals surface area (Å²) in [4.78, 5) is 31.5.